The Morgan fingerprint density at radius 1 is 1.13 bits per heavy atom. The van der Waals surface area contributed by atoms with Crippen molar-refractivity contribution < 1.29 is 14.3 Å². The highest BCUT2D eigenvalue weighted by Crippen LogP contribution is 2.17. The van der Waals surface area contributed by atoms with Crippen LogP contribution in [0.25, 0.3) is 21.8 Å². The summed E-state index contributed by atoms with van der Waals surface area (Å²) in [6.45, 7) is 6.04. The van der Waals surface area contributed by atoms with Crippen molar-refractivity contribution in [3.63, 3.8) is 0 Å². The number of benzene rings is 1. The normalized spacial score (nSPS) is 11.3. The number of aromatic amines is 2. The molecule has 1 amide bonds. The smallest absolute Gasteiger partial charge is 0.276 e. The Morgan fingerprint density at radius 3 is 2.43 bits per heavy atom. The average Bonchev–Trinajstić information content (AvgIpc) is 3.13. The van der Waals surface area contributed by atoms with E-state index in [4.69, 9.17) is 21.1 Å². The third kappa shape index (κ3) is 4.53. The van der Waals surface area contributed by atoms with Gasteiger partial charge >= 0.3 is 0 Å². The number of hydrogen-bond donors (Lipinski definition) is 2. The second-order valence-electron chi connectivity index (χ2n) is 6.48. The molecule has 9 nitrogen and oxygen atoms in total. The number of carbonyl (C=O) groups excluding carboxylic acids is 1. The second kappa shape index (κ2) is 9.84. The van der Waals surface area contributed by atoms with Gasteiger partial charge in [0, 0.05) is 36.7 Å². The number of ether oxygens (including phenoxy) is 2. The van der Waals surface area contributed by atoms with Crippen LogP contribution in [0.3, 0.4) is 0 Å². The van der Waals surface area contributed by atoms with Gasteiger partial charge in [-0.3, -0.25) is 19.5 Å². The minimum atomic E-state index is -0.593. The summed E-state index contributed by atoms with van der Waals surface area (Å²) in [6.07, 6.45) is 0. The first kappa shape index (κ1) is 21.9. The minimum Gasteiger partial charge on any atom is -0.380 e. The van der Waals surface area contributed by atoms with E-state index in [0.717, 1.165) is 0 Å². The van der Waals surface area contributed by atoms with Crippen LogP contribution in [-0.2, 0) is 9.47 Å². The Kier molecular flexibility index (Phi) is 7.20. The monoisotopic (exact) mass is 434 g/mol. The molecule has 0 spiro atoms. The molecule has 0 fully saturated rings. The highest BCUT2D eigenvalue weighted by molar-refractivity contribution is 6.31. The molecule has 2 heterocycles. The molecular weight excluding hydrogens is 412 g/mol. The maximum Gasteiger partial charge on any atom is 0.276 e. The molecule has 0 saturated carbocycles. The molecule has 3 rings (SSSR count). The van der Waals surface area contributed by atoms with Gasteiger partial charge in [-0.2, -0.15) is 5.10 Å². The van der Waals surface area contributed by atoms with Crippen molar-refractivity contribution in [3.8, 4) is 0 Å². The minimum absolute atomic E-state index is 0.0408. The van der Waals surface area contributed by atoms with Gasteiger partial charge in [0.15, 0.2) is 10.9 Å². The van der Waals surface area contributed by atoms with Crippen LogP contribution in [0.1, 0.15) is 24.3 Å². The molecule has 160 valence electrons. The van der Waals surface area contributed by atoms with E-state index in [-0.39, 0.29) is 27.5 Å². The molecule has 0 aliphatic rings. The van der Waals surface area contributed by atoms with Crippen molar-refractivity contribution in [1.82, 2.24) is 20.1 Å². The van der Waals surface area contributed by atoms with Crippen molar-refractivity contribution in [2.75, 3.05) is 39.5 Å². The molecule has 1 aromatic carbocycles. The Labute approximate surface area is 176 Å². The van der Waals surface area contributed by atoms with E-state index < -0.39 is 16.9 Å². The van der Waals surface area contributed by atoms with Gasteiger partial charge in [-0.15, -0.1) is 0 Å². The first-order valence-electron chi connectivity index (χ1n) is 9.66. The quantitative estimate of drug-likeness (QED) is 0.497. The molecule has 2 N–H and O–H groups in total. The summed E-state index contributed by atoms with van der Waals surface area (Å²) in [5, 5.41) is 7.07. The van der Waals surface area contributed by atoms with E-state index in [0.29, 0.717) is 44.5 Å². The first-order valence-corrected chi connectivity index (χ1v) is 10.0. The SMILES string of the molecule is CCOCCN(CCOCC)C(=O)c1[nH]nc2c(=O)[nH]c3cc(Cl)ccc3c(=O)c12. The topological polar surface area (TPSA) is 117 Å². The average molecular weight is 435 g/mol. The van der Waals surface area contributed by atoms with Crippen LogP contribution < -0.4 is 11.0 Å². The van der Waals surface area contributed by atoms with Crippen molar-refractivity contribution in [2.45, 2.75) is 13.8 Å². The number of fused-ring (bicyclic) bond motifs is 2. The van der Waals surface area contributed by atoms with Crippen LogP contribution in [0.2, 0.25) is 5.02 Å². The van der Waals surface area contributed by atoms with Crippen LogP contribution in [0.15, 0.2) is 27.8 Å². The Hall–Kier alpha value is -2.75. The van der Waals surface area contributed by atoms with E-state index in [9.17, 15) is 14.4 Å². The Bertz CT molecular complexity index is 1160. The molecule has 10 heteroatoms. The second-order valence-corrected chi connectivity index (χ2v) is 6.92. The predicted molar refractivity (Wildman–Crippen MR) is 114 cm³/mol. The van der Waals surface area contributed by atoms with Crippen LogP contribution in [-0.4, -0.2) is 65.5 Å². The van der Waals surface area contributed by atoms with Gasteiger partial charge in [0.1, 0.15) is 5.69 Å². The zero-order valence-corrected chi connectivity index (χ0v) is 17.5. The lowest BCUT2D eigenvalue weighted by Gasteiger charge is -2.21. The number of carbonyl (C=O) groups is 1. The summed E-state index contributed by atoms with van der Waals surface area (Å²) in [6, 6.07) is 4.55. The number of H-pyrrole nitrogens is 2. The third-order valence-corrected chi connectivity index (χ3v) is 4.84. The fourth-order valence-corrected chi connectivity index (χ4v) is 3.30. The lowest BCUT2D eigenvalue weighted by Crippen LogP contribution is -2.37. The van der Waals surface area contributed by atoms with Gasteiger partial charge in [0.05, 0.1) is 24.1 Å². The first-order chi connectivity index (χ1) is 14.5. The van der Waals surface area contributed by atoms with E-state index >= 15 is 0 Å². The lowest BCUT2D eigenvalue weighted by molar-refractivity contribution is 0.0547. The summed E-state index contributed by atoms with van der Waals surface area (Å²) >= 11 is 5.99. The van der Waals surface area contributed by atoms with Gasteiger partial charge in [0.25, 0.3) is 11.5 Å². The summed E-state index contributed by atoms with van der Waals surface area (Å²) in [7, 11) is 0. The van der Waals surface area contributed by atoms with Gasteiger partial charge < -0.3 is 19.4 Å². The maximum absolute atomic E-state index is 13.2. The van der Waals surface area contributed by atoms with Crippen LogP contribution >= 0.6 is 11.6 Å². The molecular formula is C20H23ClN4O5. The predicted octanol–water partition coefficient (Wildman–Crippen LogP) is 1.93. The van der Waals surface area contributed by atoms with Gasteiger partial charge in [0.2, 0.25) is 0 Å². The molecule has 0 bridgehead atoms. The summed E-state index contributed by atoms with van der Waals surface area (Å²) in [4.78, 5) is 43.2. The fraction of sp³-hybridized carbons (Fsp3) is 0.400. The molecule has 2 aromatic heterocycles. The standard InChI is InChI=1S/C20H23ClN4O5/c1-3-29-9-7-25(8-10-30-4-2)20(28)17-15-16(23-24-17)19(27)22-14-11-12(21)5-6-13(14)18(15)26/h5-6,11H,3-4,7-10H2,1-2H3,(H,22,27)(H,23,24). The molecule has 0 aliphatic carbocycles. The highest BCUT2D eigenvalue weighted by atomic mass is 35.5. The van der Waals surface area contributed by atoms with E-state index in [1.54, 1.807) is 6.07 Å². The molecule has 0 aliphatic heterocycles. The Morgan fingerprint density at radius 2 is 1.80 bits per heavy atom. The third-order valence-electron chi connectivity index (χ3n) is 4.60. The molecule has 3 aromatic rings. The highest BCUT2D eigenvalue weighted by Gasteiger charge is 2.23. The number of halogens is 1. The van der Waals surface area contributed by atoms with E-state index in [1.807, 2.05) is 13.8 Å². The summed E-state index contributed by atoms with van der Waals surface area (Å²) in [5.41, 5.74) is -0.976. The number of aromatic nitrogens is 3. The molecule has 0 atom stereocenters. The van der Waals surface area contributed by atoms with E-state index in [2.05, 4.69) is 15.2 Å². The van der Waals surface area contributed by atoms with Crippen LogP contribution in [0.4, 0.5) is 0 Å². The van der Waals surface area contributed by atoms with Crippen molar-refractivity contribution in [1.29, 1.82) is 0 Å². The summed E-state index contributed by atoms with van der Waals surface area (Å²) in [5.74, 6) is -0.457. The lowest BCUT2D eigenvalue weighted by atomic mass is 10.1. The fourth-order valence-electron chi connectivity index (χ4n) is 3.13. The molecule has 0 radical (unpaired) electrons. The molecule has 0 saturated heterocycles. The summed E-state index contributed by atoms with van der Waals surface area (Å²) < 4.78 is 10.7. The van der Waals surface area contributed by atoms with Gasteiger partial charge in [-0.25, -0.2) is 0 Å². The van der Waals surface area contributed by atoms with Gasteiger partial charge in [-0.05, 0) is 32.0 Å². The van der Waals surface area contributed by atoms with E-state index in [1.165, 1.54) is 17.0 Å². The zero-order chi connectivity index (χ0) is 21.7. The number of hydrogen-bond acceptors (Lipinski definition) is 6. The number of nitrogens with zero attached hydrogens (tertiary/aromatic N) is 2. The van der Waals surface area contributed by atoms with Crippen molar-refractivity contribution in [2.24, 2.45) is 0 Å². The van der Waals surface area contributed by atoms with Crippen LogP contribution in [0.5, 0.6) is 0 Å². The number of rotatable bonds is 9. The van der Waals surface area contributed by atoms with Gasteiger partial charge in [-0.1, -0.05) is 11.6 Å². The molecule has 0 unspecified atom stereocenters. The van der Waals surface area contributed by atoms with Crippen molar-refractivity contribution >= 4 is 39.3 Å². The van der Waals surface area contributed by atoms with Crippen molar-refractivity contribution in [3.05, 3.63) is 49.5 Å². The number of nitrogens with one attached hydrogen (secondary N) is 2. The maximum atomic E-state index is 13.2. The number of amides is 1. The zero-order valence-electron chi connectivity index (χ0n) is 16.8. The largest absolute Gasteiger partial charge is 0.380 e. The van der Waals surface area contributed by atoms with Crippen LogP contribution in [0, 0.1) is 0 Å². The Balaban J connectivity index is 2.11. The molecule has 30 heavy (non-hydrogen) atoms.